The fourth-order valence-corrected chi connectivity index (χ4v) is 2.06. The maximum atomic E-state index is 11.6. The second kappa shape index (κ2) is 4.29. The summed E-state index contributed by atoms with van der Waals surface area (Å²) in [6, 6.07) is 7.27. The molecule has 0 amide bonds. The molecule has 0 aromatic carbocycles. The topological polar surface area (TPSA) is 58.7 Å². The van der Waals surface area contributed by atoms with Crippen molar-refractivity contribution >= 4 is 11.3 Å². The van der Waals surface area contributed by atoms with Gasteiger partial charge in [-0.3, -0.25) is 4.79 Å². The monoisotopic (exact) mass is 231 g/mol. The third-order valence-electron chi connectivity index (χ3n) is 2.17. The molecule has 2 aromatic rings. The molecule has 0 bridgehead atoms. The van der Waals surface area contributed by atoms with Crippen LogP contribution in [0.2, 0.25) is 0 Å². The lowest BCUT2D eigenvalue weighted by molar-refractivity contribution is 0.617. The van der Waals surface area contributed by atoms with Gasteiger partial charge in [0.1, 0.15) is 17.3 Å². The highest BCUT2D eigenvalue weighted by atomic mass is 32.1. The van der Waals surface area contributed by atoms with Crippen LogP contribution in [0.5, 0.6) is 0 Å². The number of thiophene rings is 1. The van der Waals surface area contributed by atoms with Crippen LogP contribution in [0.15, 0.2) is 28.4 Å². The zero-order valence-corrected chi connectivity index (χ0v) is 9.49. The summed E-state index contributed by atoms with van der Waals surface area (Å²) in [5, 5.41) is 15.0. The Hall–Kier alpha value is -1.93. The van der Waals surface area contributed by atoms with Gasteiger partial charge in [0.25, 0.3) is 5.56 Å². The van der Waals surface area contributed by atoms with E-state index in [1.165, 1.54) is 16.0 Å². The van der Waals surface area contributed by atoms with Gasteiger partial charge in [0.2, 0.25) is 0 Å². The average Bonchev–Trinajstić information content (AvgIpc) is 2.83. The van der Waals surface area contributed by atoms with Gasteiger partial charge in [0.15, 0.2) is 0 Å². The highest BCUT2D eigenvalue weighted by Crippen LogP contribution is 2.21. The molecule has 4 nitrogen and oxygen atoms in total. The van der Waals surface area contributed by atoms with Crippen LogP contribution < -0.4 is 5.56 Å². The summed E-state index contributed by atoms with van der Waals surface area (Å²) in [4.78, 5) is 12.6. The number of nitriles is 1. The first kappa shape index (κ1) is 10.6. The van der Waals surface area contributed by atoms with E-state index < -0.39 is 0 Å². The summed E-state index contributed by atoms with van der Waals surface area (Å²) >= 11 is 1.53. The van der Waals surface area contributed by atoms with Gasteiger partial charge in [-0.15, -0.1) is 11.3 Å². The number of hydrogen-bond acceptors (Lipinski definition) is 4. The number of aryl methyl sites for hydroxylation is 1. The average molecular weight is 231 g/mol. The molecule has 0 radical (unpaired) electrons. The van der Waals surface area contributed by atoms with Crippen LogP contribution in [0, 0.1) is 11.3 Å². The van der Waals surface area contributed by atoms with E-state index in [1.54, 1.807) is 6.07 Å². The minimum atomic E-state index is -0.328. The summed E-state index contributed by atoms with van der Waals surface area (Å²) < 4.78 is 1.31. The molecule has 0 unspecified atom stereocenters. The van der Waals surface area contributed by atoms with Crippen molar-refractivity contribution < 1.29 is 0 Å². The standard InChI is InChI=1S/C11H9N3OS/c1-2-14-11(15)8(7-12)6-9(13-14)10-4-3-5-16-10/h3-6H,2H2,1H3. The van der Waals surface area contributed by atoms with Crippen LogP contribution in [-0.4, -0.2) is 9.78 Å². The van der Waals surface area contributed by atoms with E-state index in [9.17, 15) is 4.79 Å². The molecule has 0 atom stereocenters. The number of nitrogens with zero attached hydrogens (tertiary/aromatic N) is 3. The summed E-state index contributed by atoms with van der Waals surface area (Å²) in [6.07, 6.45) is 0. The predicted molar refractivity (Wildman–Crippen MR) is 62.2 cm³/mol. The normalized spacial score (nSPS) is 10.0. The zero-order chi connectivity index (χ0) is 11.5. The fourth-order valence-electron chi connectivity index (χ4n) is 1.38. The first-order valence-corrected chi connectivity index (χ1v) is 5.70. The highest BCUT2D eigenvalue weighted by Gasteiger charge is 2.08. The van der Waals surface area contributed by atoms with Crippen molar-refractivity contribution in [2.75, 3.05) is 0 Å². The molecule has 2 rings (SSSR count). The molecule has 0 aliphatic carbocycles. The van der Waals surface area contributed by atoms with E-state index in [2.05, 4.69) is 5.10 Å². The molecule has 0 N–H and O–H groups in total. The van der Waals surface area contributed by atoms with Crippen LogP contribution in [0.25, 0.3) is 10.6 Å². The SMILES string of the molecule is CCn1nc(-c2cccs2)cc(C#N)c1=O. The van der Waals surface area contributed by atoms with Crippen LogP contribution in [0.3, 0.4) is 0 Å². The highest BCUT2D eigenvalue weighted by molar-refractivity contribution is 7.13. The zero-order valence-electron chi connectivity index (χ0n) is 8.67. The van der Waals surface area contributed by atoms with Crippen molar-refractivity contribution in [2.45, 2.75) is 13.5 Å². The van der Waals surface area contributed by atoms with E-state index in [4.69, 9.17) is 5.26 Å². The van der Waals surface area contributed by atoms with Gasteiger partial charge in [-0.2, -0.15) is 10.4 Å². The van der Waals surface area contributed by atoms with E-state index in [-0.39, 0.29) is 11.1 Å². The van der Waals surface area contributed by atoms with Gasteiger partial charge in [0.05, 0.1) is 4.88 Å². The Bertz CT molecular complexity index is 593. The predicted octanol–water partition coefficient (Wildman–Crippen LogP) is 1.86. The van der Waals surface area contributed by atoms with E-state index in [0.29, 0.717) is 12.2 Å². The Morgan fingerprint density at radius 3 is 3.00 bits per heavy atom. The largest absolute Gasteiger partial charge is 0.284 e. The van der Waals surface area contributed by atoms with Crippen LogP contribution in [-0.2, 0) is 6.54 Å². The molecule has 0 aliphatic rings. The molecule has 0 saturated heterocycles. The van der Waals surface area contributed by atoms with Crippen molar-refractivity contribution in [1.82, 2.24) is 9.78 Å². The van der Waals surface area contributed by atoms with Crippen molar-refractivity contribution in [2.24, 2.45) is 0 Å². The minimum absolute atomic E-state index is 0.139. The van der Waals surface area contributed by atoms with E-state index in [1.807, 2.05) is 30.5 Å². The van der Waals surface area contributed by atoms with Crippen molar-refractivity contribution in [3.63, 3.8) is 0 Å². The second-order valence-corrected chi connectivity index (χ2v) is 4.10. The molecule has 0 saturated carbocycles. The molecule has 2 heterocycles. The number of rotatable bonds is 2. The van der Waals surface area contributed by atoms with Gasteiger partial charge in [-0.25, -0.2) is 4.68 Å². The lowest BCUT2D eigenvalue weighted by atomic mass is 10.2. The van der Waals surface area contributed by atoms with Gasteiger partial charge in [-0.05, 0) is 24.4 Å². The lowest BCUT2D eigenvalue weighted by Crippen LogP contribution is -2.24. The van der Waals surface area contributed by atoms with Crippen LogP contribution >= 0.6 is 11.3 Å². The lowest BCUT2D eigenvalue weighted by Gasteiger charge is -2.03. The molecular formula is C11H9N3OS. The molecule has 5 heteroatoms. The summed E-state index contributed by atoms with van der Waals surface area (Å²) in [6.45, 7) is 2.29. The minimum Gasteiger partial charge on any atom is -0.266 e. The van der Waals surface area contributed by atoms with Gasteiger partial charge in [-0.1, -0.05) is 6.07 Å². The smallest absolute Gasteiger partial charge is 0.266 e. The first-order chi connectivity index (χ1) is 7.76. The van der Waals surface area contributed by atoms with Crippen molar-refractivity contribution in [3.05, 3.63) is 39.5 Å². The molecule has 16 heavy (non-hydrogen) atoms. The van der Waals surface area contributed by atoms with Gasteiger partial charge < -0.3 is 0 Å². The van der Waals surface area contributed by atoms with Crippen LogP contribution in [0.1, 0.15) is 12.5 Å². The van der Waals surface area contributed by atoms with Gasteiger partial charge in [0, 0.05) is 6.54 Å². The Morgan fingerprint density at radius 1 is 1.62 bits per heavy atom. The first-order valence-electron chi connectivity index (χ1n) is 4.82. The molecule has 80 valence electrons. The molecular weight excluding hydrogens is 222 g/mol. The summed E-state index contributed by atoms with van der Waals surface area (Å²) in [7, 11) is 0. The molecule has 2 aromatic heterocycles. The Morgan fingerprint density at radius 2 is 2.44 bits per heavy atom. The van der Waals surface area contributed by atoms with E-state index >= 15 is 0 Å². The fraction of sp³-hybridized carbons (Fsp3) is 0.182. The van der Waals surface area contributed by atoms with Gasteiger partial charge >= 0.3 is 0 Å². The third-order valence-corrected chi connectivity index (χ3v) is 3.06. The summed E-state index contributed by atoms with van der Waals surface area (Å²) in [5.41, 5.74) is 0.485. The molecule has 0 fully saturated rings. The maximum absolute atomic E-state index is 11.6. The van der Waals surface area contributed by atoms with Crippen molar-refractivity contribution in [3.8, 4) is 16.6 Å². The number of hydrogen-bond donors (Lipinski definition) is 0. The quantitative estimate of drug-likeness (QED) is 0.792. The number of aromatic nitrogens is 2. The maximum Gasteiger partial charge on any atom is 0.284 e. The Labute approximate surface area is 96.4 Å². The van der Waals surface area contributed by atoms with Crippen LogP contribution in [0.4, 0.5) is 0 Å². The Kier molecular flexibility index (Phi) is 2.84. The third kappa shape index (κ3) is 1.75. The van der Waals surface area contributed by atoms with Crippen molar-refractivity contribution in [1.29, 1.82) is 5.26 Å². The molecule has 0 spiro atoms. The Balaban J connectivity index is 2.66. The summed E-state index contributed by atoms with van der Waals surface area (Å²) in [5.74, 6) is 0. The van der Waals surface area contributed by atoms with E-state index in [0.717, 1.165) is 4.88 Å². The molecule has 0 aliphatic heterocycles. The second-order valence-electron chi connectivity index (χ2n) is 3.15.